The highest BCUT2D eigenvalue weighted by atomic mass is 16.6. The van der Waals surface area contributed by atoms with Crippen LogP contribution in [0.25, 0.3) is 0 Å². The van der Waals surface area contributed by atoms with Crippen molar-refractivity contribution >= 4 is 23.9 Å². The zero-order valence-electron chi connectivity index (χ0n) is 30.0. The molecule has 0 radical (unpaired) electrons. The average molecular weight is 654 g/mol. The lowest BCUT2D eigenvalue weighted by molar-refractivity contribution is -0.186. The zero-order chi connectivity index (χ0) is 34.0. The van der Waals surface area contributed by atoms with Crippen LogP contribution in [0.3, 0.4) is 0 Å². The maximum atomic E-state index is 13.0. The van der Waals surface area contributed by atoms with Gasteiger partial charge in [0.1, 0.15) is 12.2 Å². The Balaban J connectivity index is 2.71. The van der Waals surface area contributed by atoms with Crippen molar-refractivity contribution in [2.75, 3.05) is 19.7 Å². The highest BCUT2D eigenvalue weighted by molar-refractivity contribution is 5.71. The minimum absolute atomic E-state index is 0.00135. The Bertz CT molecular complexity index is 834. The van der Waals surface area contributed by atoms with E-state index in [9.17, 15) is 19.2 Å². The highest BCUT2D eigenvalue weighted by Gasteiger charge is 2.36. The monoisotopic (exact) mass is 653 g/mol. The van der Waals surface area contributed by atoms with Crippen LogP contribution >= 0.6 is 0 Å². The summed E-state index contributed by atoms with van der Waals surface area (Å²) in [7, 11) is 0. The van der Waals surface area contributed by atoms with Crippen LogP contribution < -0.4 is 0 Å². The molecule has 46 heavy (non-hydrogen) atoms. The molecule has 4 atom stereocenters. The predicted molar refractivity (Wildman–Crippen MR) is 181 cm³/mol. The van der Waals surface area contributed by atoms with Crippen LogP contribution in [0.1, 0.15) is 169 Å². The highest BCUT2D eigenvalue weighted by Crippen LogP contribution is 2.24. The van der Waals surface area contributed by atoms with E-state index in [0.717, 1.165) is 13.1 Å². The molecule has 1 saturated heterocycles. The third-order valence-corrected chi connectivity index (χ3v) is 8.69. The van der Waals surface area contributed by atoms with E-state index in [1.807, 2.05) is 20.8 Å². The molecular formula is C37H67NO8. The third kappa shape index (κ3) is 19.5. The molecule has 0 bridgehead atoms. The average Bonchev–Trinajstić information content (AvgIpc) is 3.01. The lowest BCUT2D eigenvalue weighted by Gasteiger charge is -2.36. The van der Waals surface area contributed by atoms with Crippen LogP contribution in [0.4, 0.5) is 0 Å². The summed E-state index contributed by atoms with van der Waals surface area (Å²) in [4.78, 5) is 52.5. The molecule has 1 rings (SSSR count). The van der Waals surface area contributed by atoms with Gasteiger partial charge in [-0.1, -0.05) is 85.5 Å². The molecule has 0 spiro atoms. The normalized spacial score (nSPS) is 17.1. The van der Waals surface area contributed by atoms with Crippen LogP contribution in [0.5, 0.6) is 0 Å². The van der Waals surface area contributed by atoms with E-state index in [4.69, 9.17) is 18.9 Å². The van der Waals surface area contributed by atoms with Gasteiger partial charge in [0.05, 0.1) is 6.61 Å². The molecule has 1 unspecified atom stereocenters. The second-order valence-corrected chi connectivity index (χ2v) is 13.0. The van der Waals surface area contributed by atoms with Crippen LogP contribution in [0, 0.1) is 0 Å². The fourth-order valence-corrected chi connectivity index (χ4v) is 6.13. The Hall–Kier alpha value is -2.16. The van der Waals surface area contributed by atoms with E-state index in [0.29, 0.717) is 38.1 Å². The lowest BCUT2D eigenvalue weighted by atomic mass is 9.96. The molecule has 0 N–H and O–H groups in total. The molecule has 0 amide bonds. The smallest absolute Gasteiger partial charge is 0.306 e. The van der Waals surface area contributed by atoms with Crippen LogP contribution in [-0.4, -0.2) is 72.8 Å². The number of hydrogen-bond donors (Lipinski definition) is 0. The standard InChI is InChI=1S/C37H67NO8/c1-6-10-11-12-13-14-15-16-23-31-24-17-18-27-38(31)28-19-25-36(42)44-30(5)37(46-35(41)22-9-4)32(45-34(40)21-8-3)26-29-43-33(39)20-7-2/h30-32,37H,6-29H2,1-5H3/t30-,31?,32+,37+/m0/s1. The van der Waals surface area contributed by atoms with E-state index >= 15 is 0 Å². The van der Waals surface area contributed by atoms with Crippen LogP contribution in [-0.2, 0) is 38.1 Å². The number of piperidine rings is 1. The van der Waals surface area contributed by atoms with Crippen molar-refractivity contribution in [2.45, 2.75) is 194 Å². The topological polar surface area (TPSA) is 108 Å². The number of esters is 4. The van der Waals surface area contributed by atoms with E-state index in [2.05, 4.69) is 11.8 Å². The fourth-order valence-electron chi connectivity index (χ4n) is 6.13. The maximum absolute atomic E-state index is 13.0. The third-order valence-electron chi connectivity index (χ3n) is 8.69. The number of unbranched alkanes of at least 4 members (excludes halogenated alkanes) is 7. The Morgan fingerprint density at radius 2 is 1.24 bits per heavy atom. The summed E-state index contributed by atoms with van der Waals surface area (Å²) in [5.74, 6) is -1.60. The molecule has 1 heterocycles. The molecule has 9 heteroatoms. The lowest BCUT2D eigenvalue weighted by Crippen LogP contribution is -2.45. The van der Waals surface area contributed by atoms with Crippen LogP contribution in [0.2, 0.25) is 0 Å². The van der Waals surface area contributed by atoms with Crippen molar-refractivity contribution in [1.82, 2.24) is 4.90 Å². The first-order chi connectivity index (χ1) is 22.2. The summed E-state index contributed by atoms with van der Waals surface area (Å²) < 4.78 is 22.6. The van der Waals surface area contributed by atoms with Crippen molar-refractivity contribution in [3.05, 3.63) is 0 Å². The predicted octanol–water partition coefficient (Wildman–Crippen LogP) is 8.24. The minimum atomic E-state index is -1.01. The Morgan fingerprint density at radius 3 is 1.89 bits per heavy atom. The summed E-state index contributed by atoms with van der Waals surface area (Å²) in [5.41, 5.74) is 0. The molecule has 1 aliphatic rings. The zero-order valence-corrected chi connectivity index (χ0v) is 30.0. The number of likely N-dealkylation sites (tertiary alicyclic amines) is 1. The number of ether oxygens (including phenoxy) is 4. The van der Waals surface area contributed by atoms with Gasteiger partial charge in [-0.15, -0.1) is 0 Å². The Labute approximate surface area is 280 Å². The van der Waals surface area contributed by atoms with Gasteiger partial charge in [0.2, 0.25) is 0 Å². The van der Waals surface area contributed by atoms with E-state index in [1.54, 1.807) is 6.92 Å². The van der Waals surface area contributed by atoms with Gasteiger partial charge in [-0.25, -0.2) is 0 Å². The molecular weight excluding hydrogens is 586 g/mol. The summed E-state index contributed by atoms with van der Waals surface area (Å²) >= 11 is 0. The largest absolute Gasteiger partial charge is 0.466 e. The summed E-state index contributed by atoms with van der Waals surface area (Å²) in [6.07, 6.45) is 16.4. The van der Waals surface area contributed by atoms with Gasteiger partial charge in [-0.2, -0.15) is 0 Å². The van der Waals surface area contributed by atoms with E-state index in [1.165, 1.54) is 77.0 Å². The second kappa shape index (κ2) is 26.9. The van der Waals surface area contributed by atoms with Gasteiger partial charge in [0, 0.05) is 38.1 Å². The quantitative estimate of drug-likeness (QED) is 0.0492. The fraction of sp³-hybridized carbons (Fsp3) is 0.892. The van der Waals surface area contributed by atoms with Crippen molar-refractivity contribution in [3.63, 3.8) is 0 Å². The summed E-state index contributed by atoms with van der Waals surface area (Å²) in [6.45, 7) is 11.5. The van der Waals surface area contributed by atoms with E-state index < -0.39 is 30.3 Å². The number of hydrogen-bond acceptors (Lipinski definition) is 9. The summed E-state index contributed by atoms with van der Waals surface area (Å²) in [6, 6.07) is 0.594. The first-order valence-corrected chi connectivity index (χ1v) is 18.7. The Kier molecular flexibility index (Phi) is 24.4. The maximum Gasteiger partial charge on any atom is 0.306 e. The van der Waals surface area contributed by atoms with Crippen LogP contribution in [0.15, 0.2) is 0 Å². The van der Waals surface area contributed by atoms with Crippen molar-refractivity contribution in [2.24, 2.45) is 0 Å². The molecule has 1 fully saturated rings. The van der Waals surface area contributed by atoms with Gasteiger partial charge in [0.15, 0.2) is 6.10 Å². The van der Waals surface area contributed by atoms with Gasteiger partial charge in [0.25, 0.3) is 0 Å². The van der Waals surface area contributed by atoms with Crippen molar-refractivity contribution < 1.29 is 38.1 Å². The summed E-state index contributed by atoms with van der Waals surface area (Å²) in [5, 5.41) is 0. The molecule has 0 aliphatic carbocycles. The van der Waals surface area contributed by atoms with Gasteiger partial charge < -0.3 is 23.8 Å². The first-order valence-electron chi connectivity index (χ1n) is 18.7. The molecule has 1 aliphatic heterocycles. The number of carbonyl (C=O) groups excluding carboxylic acids is 4. The van der Waals surface area contributed by atoms with Gasteiger partial charge >= 0.3 is 23.9 Å². The molecule has 268 valence electrons. The van der Waals surface area contributed by atoms with Gasteiger partial charge in [-0.3, -0.25) is 19.2 Å². The van der Waals surface area contributed by atoms with Gasteiger partial charge in [-0.05, 0) is 65.0 Å². The van der Waals surface area contributed by atoms with Crippen molar-refractivity contribution in [1.29, 1.82) is 0 Å². The number of rotatable bonds is 27. The molecule has 0 aromatic carbocycles. The Morgan fingerprint density at radius 1 is 0.652 bits per heavy atom. The van der Waals surface area contributed by atoms with E-state index in [-0.39, 0.29) is 44.2 Å². The molecule has 0 saturated carbocycles. The number of carbonyl (C=O) groups is 4. The molecule has 9 nitrogen and oxygen atoms in total. The van der Waals surface area contributed by atoms with Crippen molar-refractivity contribution in [3.8, 4) is 0 Å². The minimum Gasteiger partial charge on any atom is -0.466 e. The number of nitrogens with zero attached hydrogens (tertiary/aromatic N) is 1. The second-order valence-electron chi connectivity index (χ2n) is 13.0. The molecule has 0 aromatic rings. The first kappa shape index (κ1) is 41.9. The SMILES string of the molecule is CCCCCCCCCCC1CCCCN1CCCC(=O)O[C@@H](C)[C@@H](OC(=O)CCC)[C@@H](CCOC(=O)CCC)OC(=O)CCC. The molecule has 0 aromatic heterocycles.